The predicted molar refractivity (Wildman–Crippen MR) is 103 cm³/mol. The lowest BCUT2D eigenvalue weighted by atomic mass is 10.1. The first kappa shape index (κ1) is 16.2. The van der Waals surface area contributed by atoms with Crippen LogP contribution in [0.15, 0.2) is 67.0 Å². The van der Waals surface area contributed by atoms with Crippen molar-refractivity contribution in [1.82, 2.24) is 9.78 Å². The van der Waals surface area contributed by atoms with Crippen molar-refractivity contribution >= 4 is 28.7 Å². The van der Waals surface area contributed by atoms with E-state index in [-0.39, 0.29) is 0 Å². The van der Waals surface area contributed by atoms with Gasteiger partial charge < -0.3 is 10.6 Å². The predicted octanol–water partition coefficient (Wildman–Crippen LogP) is 4.30. The highest BCUT2D eigenvalue weighted by Gasteiger charge is 2.05. The molecule has 24 heavy (non-hydrogen) atoms. The first-order chi connectivity index (χ1) is 11.7. The highest BCUT2D eigenvalue weighted by atomic mass is 32.1. The van der Waals surface area contributed by atoms with Crippen LogP contribution in [0.1, 0.15) is 18.1 Å². The molecule has 3 aromatic rings. The van der Waals surface area contributed by atoms with Crippen molar-refractivity contribution in [3.8, 4) is 0 Å². The first-order valence-electron chi connectivity index (χ1n) is 7.97. The minimum Gasteiger partial charge on any atom is -0.332 e. The van der Waals surface area contributed by atoms with Crippen LogP contribution in [0.4, 0.5) is 11.4 Å². The van der Waals surface area contributed by atoms with Gasteiger partial charge in [-0.15, -0.1) is 0 Å². The lowest BCUT2D eigenvalue weighted by Crippen LogP contribution is -2.19. The summed E-state index contributed by atoms with van der Waals surface area (Å²) in [6.45, 7) is 2.87. The van der Waals surface area contributed by atoms with Gasteiger partial charge in [0.1, 0.15) is 0 Å². The topological polar surface area (TPSA) is 41.9 Å². The summed E-state index contributed by atoms with van der Waals surface area (Å²) in [6, 6.07) is 18.4. The minimum atomic E-state index is 0.565. The number of aromatic nitrogens is 2. The van der Waals surface area contributed by atoms with E-state index < -0.39 is 0 Å². The van der Waals surface area contributed by atoms with E-state index in [0.29, 0.717) is 5.11 Å². The number of anilines is 2. The van der Waals surface area contributed by atoms with Gasteiger partial charge >= 0.3 is 0 Å². The molecule has 1 aromatic heterocycles. The molecule has 0 aliphatic carbocycles. The van der Waals surface area contributed by atoms with Gasteiger partial charge in [0.2, 0.25) is 0 Å². The Hall–Kier alpha value is -2.66. The zero-order valence-electron chi connectivity index (χ0n) is 13.6. The summed E-state index contributed by atoms with van der Waals surface area (Å²) in [5.41, 5.74) is 4.36. The van der Waals surface area contributed by atoms with Crippen molar-refractivity contribution < 1.29 is 0 Å². The van der Waals surface area contributed by atoms with Crippen LogP contribution >= 0.6 is 12.2 Å². The second-order valence-electron chi connectivity index (χ2n) is 5.50. The molecule has 0 radical (unpaired) electrons. The third-order valence-electron chi connectivity index (χ3n) is 3.72. The van der Waals surface area contributed by atoms with Gasteiger partial charge in [0.05, 0.1) is 18.4 Å². The zero-order chi connectivity index (χ0) is 16.8. The summed E-state index contributed by atoms with van der Waals surface area (Å²) < 4.78 is 1.89. The molecule has 0 fully saturated rings. The standard InChI is InChI=1S/C19H20N4S/c1-2-16-10-6-7-11-18(16)22-19(24)21-17-12-20-23(14-17)13-15-8-4-3-5-9-15/h3-12,14H,2,13H2,1H3,(H2,21,22,24). The Bertz CT molecular complexity index is 811. The number of hydrogen-bond acceptors (Lipinski definition) is 2. The summed E-state index contributed by atoms with van der Waals surface area (Å²) in [7, 11) is 0. The fourth-order valence-electron chi connectivity index (χ4n) is 2.52. The fourth-order valence-corrected chi connectivity index (χ4v) is 2.75. The van der Waals surface area contributed by atoms with Gasteiger partial charge in [-0.2, -0.15) is 5.10 Å². The van der Waals surface area contributed by atoms with Gasteiger partial charge in [0.25, 0.3) is 0 Å². The molecule has 3 rings (SSSR count). The molecular weight excluding hydrogens is 316 g/mol. The van der Waals surface area contributed by atoms with Crippen LogP contribution in [0.3, 0.4) is 0 Å². The van der Waals surface area contributed by atoms with Crippen molar-refractivity contribution in [2.45, 2.75) is 19.9 Å². The van der Waals surface area contributed by atoms with Crippen molar-refractivity contribution in [3.63, 3.8) is 0 Å². The average Bonchev–Trinajstić information content (AvgIpc) is 3.03. The Kier molecular flexibility index (Phi) is 5.23. The maximum Gasteiger partial charge on any atom is 0.175 e. The molecule has 0 saturated heterocycles. The Labute approximate surface area is 147 Å². The zero-order valence-corrected chi connectivity index (χ0v) is 14.4. The van der Waals surface area contributed by atoms with E-state index in [9.17, 15) is 0 Å². The third-order valence-corrected chi connectivity index (χ3v) is 3.93. The van der Waals surface area contributed by atoms with Crippen molar-refractivity contribution in [1.29, 1.82) is 0 Å². The van der Waals surface area contributed by atoms with E-state index in [4.69, 9.17) is 12.2 Å². The Morgan fingerprint density at radius 2 is 1.79 bits per heavy atom. The van der Waals surface area contributed by atoms with Gasteiger partial charge in [-0.3, -0.25) is 4.68 Å². The van der Waals surface area contributed by atoms with E-state index in [1.165, 1.54) is 11.1 Å². The maximum atomic E-state index is 5.41. The van der Waals surface area contributed by atoms with Crippen molar-refractivity contribution in [2.24, 2.45) is 0 Å². The molecule has 2 N–H and O–H groups in total. The molecular formula is C19H20N4S. The summed E-state index contributed by atoms with van der Waals surface area (Å²) >= 11 is 5.41. The molecule has 122 valence electrons. The van der Waals surface area contributed by atoms with Crippen LogP contribution in [0.25, 0.3) is 0 Å². The maximum absolute atomic E-state index is 5.41. The number of thiocarbonyl (C=S) groups is 1. The highest BCUT2D eigenvalue weighted by molar-refractivity contribution is 7.80. The molecule has 0 unspecified atom stereocenters. The molecule has 0 atom stereocenters. The molecule has 4 nitrogen and oxygen atoms in total. The number of nitrogens with zero attached hydrogens (tertiary/aromatic N) is 2. The molecule has 0 bridgehead atoms. The second kappa shape index (κ2) is 7.75. The highest BCUT2D eigenvalue weighted by Crippen LogP contribution is 2.16. The van der Waals surface area contributed by atoms with Gasteiger partial charge in [-0.25, -0.2) is 0 Å². The average molecular weight is 336 g/mol. The number of benzene rings is 2. The number of nitrogens with one attached hydrogen (secondary N) is 2. The first-order valence-corrected chi connectivity index (χ1v) is 8.37. The number of para-hydroxylation sites is 1. The van der Waals surface area contributed by atoms with E-state index >= 15 is 0 Å². The molecule has 2 aromatic carbocycles. The van der Waals surface area contributed by atoms with E-state index in [0.717, 1.165) is 24.3 Å². The lowest BCUT2D eigenvalue weighted by Gasteiger charge is -2.12. The summed E-state index contributed by atoms with van der Waals surface area (Å²) in [4.78, 5) is 0. The molecule has 0 spiro atoms. The van der Waals surface area contributed by atoms with Crippen LogP contribution in [-0.4, -0.2) is 14.9 Å². The smallest absolute Gasteiger partial charge is 0.175 e. The molecule has 5 heteroatoms. The minimum absolute atomic E-state index is 0.565. The third kappa shape index (κ3) is 4.20. The number of hydrogen-bond donors (Lipinski definition) is 2. The van der Waals surface area contributed by atoms with Crippen molar-refractivity contribution in [2.75, 3.05) is 10.6 Å². The van der Waals surface area contributed by atoms with Gasteiger partial charge in [0.15, 0.2) is 5.11 Å². The largest absolute Gasteiger partial charge is 0.332 e. The molecule has 1 heterocycles. The summed E-state index contributed by atoms with van der Waals surface area (Å²) in [5.74, 6) is 0. The summed E-state index contributed by atoms with van der Waals surface area (Å²) in [5, 5.41) is 11.4. The van der Waals surface area contributed by atoms with E-state index in [1.54, 1.807) is 6.20 Å². The Balaban J connectivity index is 1.61. The number of aryl methyl sites for hydroxylation is 1. The molecule has 0 aliphatic rings. The van der Waals surface area contributed by atoms with Gasteiger partial charge in [-0.05, 0) is 35.8 Å². The second-order valence-corrected chi connectivity index (χ2v) is 5.91. The molecule has 0 amide bonds. The lowest BCUT2D eigenvalue weighted by molar-refractivity contribution is 0.687. The van der Waals surface area contributed by atoms with Crippen LogP contribution in [0.5, 0.6) is 0 Å². The van der Waals surface area contributed by atoms with Crippen LogP contribution in [-0.2, 0) is 13.0 Å². The molecule has 0 aliphatic heterocycles. The number of rotatable bonds is 5. The van der Waals surface area contributed by atoms with Crippen LogP contribution in [0.2, 0.25) is 0 Å². The normalized spacial score (nSPS) is 10.4. The quantitative estimate of drug-likeness (QED) is 0.682. The van der Waals surface area contributed by atoms with Gasteiger partial charge in [-0.1, -0.05) is 55.5 Å². The SMILES string of the molecule is CCc1ccccc1NC(=S)Nc1cnn(Cc2ccccc2)c1. The fraction of sp³-hybridized carbons (Fsp3) is 0.158. The van der Waals surface area contributed by atoms with Crippen molar-refractivity contribution in [3.05, 3.63) is 78.1 Å². The Morgan fingerprint density at radius 1 is 1.04 bits per heavy atom. The van der Waals surface area contributed by atoms with Gasteiger partial charge in [0, 0.05) is 11.9 Å². The molecule has 0 saturated carbocycles. The van der Waals surface area contributed by atoms with E-state index in [1.807, 2.05) is 47.3 Å². The van der Waals surface area contributed by atoms with E-state index in [2.05, 4.69) is 40.9 Å². The monoisotopic (exact) mass is 336 g/mol. The van der Waals surface area contributed by atoms with Crippen LogP contribution < -0.4 is 10.6 Å². The Morgan fingerprint density at radius 3 is 2.58 bits per heavy atom. The van der Waals surface area contributed by atoms with Crippen LogP contribution in [0, 0.1) is 0 Å². The summed E-state index contributed by atoms with van der Waals surface area (Å²) in [6.07, 6.45) is 4.69.